The monoisotopic (exact) mass is 255 g/mol. The van der Waals surface area contributed by atoms with Crippen molar-refractivity contribution in [2.75, 3.05) is 16.8 Å². The van der Waals surface area contributed by atoms with Crippen molar-refractivity contribution in [1.29, 1.82) is 0 Å². The van der Waals surface area contributed by atoms with Crippen LogP contribution in [-0.4, -0.2) is 5.91 Å². The summed E-state index contributed by atoms with van der Waals surface area (Å²) in [5.74, 6) is -0.0466. The van der Waals surface area contributed by atoms with Crippen LogP contribution >= 0.6 is 0 Å². The van der Waals surface area contributed by atoms with Crippen molar-refractivity contribution >= 4 is 23.0 Å². The summed E-state index contributed by atoms with van der Waals surface area (Å²) in [7, 11) is 0. The van der Waals surface area contributed by atoms with Gasteiger partial charge < -0.3 is 16.8 Å². The van der Waals surface area contributed by atoms with Crippen LogP contribution in [-0.2, 0) is 11.2 Å². The Balaban J connectivity index is 1.88. The Morgan fingerprint density at radius 3 is 2.37 bits per heavy atom. The maximum atomic E-state index is 11.8. The lowest BCUT2D eigenvalue weighted by atomic mass is 10.1. The highest BCUT2D eigenvalue weighted by molar-refractivity contribution is 5.93. The van der Waals surface area contributed by atoms with E-state index in [9.17, 15) is 4.79 Å². The zero-order valence-corrected chi connectivity index (χ0v) is 10.6. The Labute approximate surface area is 112 Å². The number of amides is 1. The molecule has 0 radical (unpaired) electrons. The minimum Gasteiger partial charge on any atom is -0.399 e. The molecule has 0 aliphatic heterocycles. The van der Waals surface area contributed by atoms with Gasteiger partial charge in [0.05, 0.1) is 11.4 Å². The highest BCUT2D eigenvalue weighted by atomic mass is 16.1. The topological polar surface area (TPSA) is 81.1 Å². The highest BCUT2D eigenvalue weighted by Crippen LogP contribution is 2.17. The first kappa shape index (κ1) is 13.0. The quantitative estimate of drug-likeness (QED) is 0.734. The fourth-order valence-corrected chi connectivity index (χ4v) is 1.77. The molecule has 0 aliphatic rings. The molecule has 2 aromatic carbocycles. The average Bonchev–Trinajstić information content (AvgIpc) is 2.41. The molecule has 19 heavy (non-hydrogen) atoms. The number of anilines is 3. The first-order valence-electron chi connectivity index (χ1n) is 6.14. The summed E-state index contributed by atoms with van der Waals surface area (Å²) in [6, 6.07) is 14.8. The molecule has 0 saturated carbocycles. The third-order valence-corrected chi connectivity index (χ3v) is 2.86. The minimum atomic E-state index is -0.0466. The van der Waals surface area contributed by atoms with Gasteiger partial charge in [-0.05, 0) is 36.2 Å². The molecular weight excluding hydrogens is 238 g/mol. The van der Waals surface area contributed by atoms with Gasteiger partial charge in [0.2, 0.25) is 5.91 Å². The van der Waals surface area contributed by atoms with E-state index in [0.717, 1.165) is 11.3 Å². The number of aryl methyl sites for hydroxylation is 1. The molecule has 0 spiro atoms. The van der Waals surface area contributed by atoms with Gasteiger partial charge in [-0.1, -0.05) is 24.3 Å². The zero-order valence-electron chi connectivity index (χ0n) is 10.6. The smallest absolute Gasteiger partial charge is 0.224 e. The largest absolute Gasteiger partial charge is 0.399 e. The van der Waals surface area contributed by atoms with Crippen molar-refractivity contribution in [2.24, 2.45) is 0 Å². The van der Waals surface area contributed by atoms with E-state index in [4.69, 9.17) is 11.5 Å². The number of nitrogen functional groups attached to an aromatic ring is 2. The lowest BCUT2D eigenvalue weighted by Gasteiger charge is -2.07. The first-order valence-corrected chi connectivity index (χ1v) is 6.14. The molecule has 0 bridgehead atoms. The van der Waals surface area contributed by atoms with Crippen molar-refractivity contribution in [3.63, 3.8) is 0 Å². The maximum absolute atomic E-state index is 11.8. The lowest BCUT2D eigenvalue weighted by Crippen LogP contribution is -2.13. The van der Waals surface area contributed by atoms with Crippen LogP contribution in [0.1, 0.15) is 12.0 Å². The molecule has 0 fully saturated rings. The number of hydrogen-bond acceptors (Lipinski definition) is 3. The van der Waals surface area contributed by atoms with Gasteiger partial charge >= 0.3 is 0 Å². The summed E-state index contributed by atoms with van der Waals surface area (Å²) in [5.41, 5.74) is 14.4. The van der Waals surface area contributed by atoms with Crippen LogP contribution in [0.5, 0.6) is 0 Å². The predicted octanol–water partition coefficient (Wildman–Crippen LogP) is 2.42. The molecule has 2 aromatic rings. The van der Waals surface area contributed by atoms with Crippen molar-refractivity contribution in [3.05, 3.63) is 54.1 Å². The SMILES string of the molecule is Nc1ccc(CCC(=O)Nc2ccccc2N)cc1. The van der Waals surface area contributed by atoms with Gasteiger partial charge in [-0.3, -0.25) is 4.79 Å². The Morgan fingerprint density at radius 1 is 1.00 bits per heavy atom. The molecule has 0 atom stereocenters. The molecular formula is C15H17N3O. The molecule has 0 unspecified atom stereocenters. The molecule has 0 heterocycles. The van der Waals surface area contributed by atoms with Crippen LogP contribution in [0.25, 0.3) is 0 Å². The highest BCUT2D eigenvalue weighted by Gasteiger charge is 2.05. The Morgan fingerprint density at radius 2 is 1.68 bits per heavy atom. The third kappa shape index (κ3) is 3.74. The normalized spacial score (nSPS) is 10.1. The van der Waals surface area contributed by atoms with E-state index in [1.54, 1.807) is 12.1 Å². The number of carbonyl (C=O) groups excluding carboxylic acids is 1. The number of hydrogen-bond donors (Lipinski definition) is 3. The van der Waals surface area contributed by atoms with Gasteiger partial charge in [0, 0.05) is 12.1 Å². The molecule has 1 amide bonds. The molecule has 98 valence electrons. The van der Waals surface area contributed by atoms with Crippen LogP contribution in [0.2, 0.25) is 0 Å². The number of carbonyl (C=O) groups is 1. The van der Waals surface area contributed by atoms with Crippen LogP contribution in [0.4, 0.5) is 17.1 Å². The zero-order chi connectivity index (χ0) is 13.7. The fraction of sp³-hybridized carbons (Fsp3) is 0.133. The van der Waals surface area contributed by atoms with Crippen molar-refractivity contribution < 1.29 is 4.79 Å². The van der Waals surface area contributed by atoms with Gasteiger partial charge in [-0.15, -0.1) is 0 Å². The van der Waals surface area contributed by atoms with E-state index >= 15 is 0 Å². The van der Waals surface area contributed by atoms with Crippen LogP contribution < -0.4 is 16.8 Å². The van der Waals surface area contributed by atoms with E-state index in [2.05, 4.69) is 5.32 Å². The summed E-state index contributed by atoms with van der Waals surface area (Å²) < 4.78 is 0. The van der Waals surface area contributed by atoms with E-state index in [-0.39, 0.29) is 5.91 Å². The van der Waals surface area contributed by atoms with Crippen LogP contribution in [0.3, 0.4) is 0 Å². The predicted molar refractivity (Wildman–Crippen MR) is 78.7 cm³/mol. The summed E-state index contributed by atoms with van der Waals surface area (Å²) in [4.78, 5) is 11.8. The summed E-state index contributed by atoms with van der Waals surface area (Å²) in [6.07, 6.45) is 1.09. The van der Waals surface area contributed by atoms with Gasteiger partial charge in [-0.25, -0.2) is 0 Å². The second-order valence-corrected chi connectivity index (χ2v) is 4.38. The van der Waals surface area contributed by atoms with Gasteiger partial charge in [0.15, 0.2) is 0 Å². The second kappa shape index (κ2) is 5.91. The van der Waals surface area contributed by atoms with Crippen molar-refractivity contribution in [1.82, 2.24) is 0 Å². The molecule has 4 heteroatoms. The number of para-hydroxylation sites is 2. The second-order valence-electron chi connectivity index (χ2n) is 4.38. The molecule has 0 aromatic heterocycles. The first-order chi connectivity index (χ1) is 9.15. The van der Waals surface area contributed by atoms with E-state index in [1.165, 1.54) is 0 Å². The van der Waals surface area contributed by atoms with Gasteiger partial charge in [0.1, 0.15) is 0 Å². The van der Waals surface area contributed by atoms with Gasteiger partial charge in [-0.2, -0.15) is 0 Å². The van der Waals surface area contributed by atoms with Crippen LogP contribution in [0, 0.1) is 0 Å². The Bertz CT molecular complexity index is 564. The molecule has 0 aliphatic carbocycles. The van der Waals surface area contributed by atoms with Crippen molar-refractivity contribution in [2.45, 2.75) is 12.8 Å². The molecule has 2 rings (SSSR count). The van der Waals surface area contributed by atoms with Crippen LogP contribution in [0.15, 0.2) is 48.5 Å². The molecule has 5 N–H and O–H groups in total. The van der Waals surface area contributed by atoms with Crippen molar-refractivity contribution in [3.8, 4) is 0 Å². The number of nitrogens with one attached hydrogen (secondary N) is 1. The van der Waals surface area contributed by atoms with E-state index < -0.39 is 0 Å². The lowest BCUT2D eigenvalue weighted by molar-refractivity contribution is -0.116. The number of rotatable bonds is 4. The average molecular weight is 255 g/mol. The summed E-state index contributed by atoms with van der Waals surface area (Å²) in [6.45, 7) is 0. The Kier molecular flexibility index (Phi) is 4.03. The molecule has 4 nitrogen and oxygen atoms in total. The minimum absolute atomic E-state index is 0.0466. The fourth-order valence-electron chi connectivity index (χ4n) is 1.77. The van der Waals surface area contributed by atoms with Gasteiger partial charge in [0.25, 0.3) is 0 Å². The summed E-state index contributed by atoms with van der Waals surface area (Å²) >= 11 is 0. The maximum Gasteiger partial charge on any atom is 0.224 e. The Hall–Kier alpha value is -2.49. The summed E-state index contributed by atoms with van der Waals surface area (Å²) in [5, 5.41) is 2.80. The van der Waals surface area contributed by atoms with E-state index in [1.807, 2.05) is 36.4 Å². The van der Waals surface area contributed by atoms with E-state index in [0.29, 0.717) is 24.2 Å². The number of benzene rings is 2. The standard InChI is InChI=1S/C15H17N3O/c16-12-8-5-11(6-9-12)7-10-15(19)18-14-4-2-1-3-13(14)17/h1-6,8-9H,7,10,16-17H2,(H,18,19). The number of nitrogens with two attached hydrogens (primary N) is 2. The third-order valence-electron chi connectivity index (χ3n) is 2.86. The molecule has 0 saturated heterocycles.